The third-order valence-corrected chi connectivity index (χ3v) is 7.71. The number of nitrogens with one attached hydrogen (secondary N) is 1. The van der Waals surface area contributed by atoms with E-state index in [1.807, 2.05) is 54.2 Å². The molecule has 0 aliphatic heterocycles. The van der Waals surface area contributed by atoms with Crippen molar-refractivity contribution in [2.75, 3.05) is 0 Å². The van der Waals surface area contributed by atoms with Crippen molar-refractivity contribution in [3.05, 3.63) is 118 Å². The number of benzene rings is 2. The predicted molar refractivity (Wildman–Crippen MR) is 151 cm³/mol. The SMILES string of the molecule is Cc1ccc2cc(C(c3nnnn3C3CCCCC3)N(Cc3ccccc3)Cc3cccnc3)c(=O)[nH]c2c1. The fourth-order valence-electron chi connectivity index (χ4n) is 5.78. The molecule has 2 aromatic carbocycles. The average Bonchev–Trinajstić information content (AvgIpc) is 3.44. The van der Waals surface area contributed by atoms with Gasteiger partial charge in [0.2, 0.25) is 0 Å². The van der Waals surface area contributed by atoms with Crippen LogP contribution in [0.5, 0.6) is 0 Å². The number of rotatable bonds is 8. The molecule has 1 N–H and O–H groups in total. The molecule has 0 bridgehead atoms. The summed E-state index contributed by atoms with van der Waals surface area (Å²) in [4.78, 5) is 23.6. The molecule has 6 rings (SSSR count). The summed E-state index contributed by atoms with van der Waals surface area (Å²) in [6, 6.07) is 22.3. The van der Waals surface area contributed by atoms with Gasteiger partial charge in [-0.2, -0.15) is 0 Å². The minimum Gasteiger partial charge on any atom is -0.322 e. The quantitative estimate of drug-likeness (QED) is 0.290. The lowest BCUT2D eigenvalue weighted by Gasteiger charge is -2.32. The summed E-state index contributed by atoms with van der Waals surface area (Å²) in [5.41, 5.74) is 4.65. The molecular weight excluding hydrogens is 486 g/mol. The molecule has 1 aliphatic carbocycles. The van der Waals surface area contributed by atoms with Crippen LogP contribution in [0.15, 0.2) is 83.9 Å². The van der Waals surface area contributed by atoms with Crippen LogP contribution in [0.1, 0.15) is 72.3 Å². The summed E-state index contributed by atoms with van der Waals surface area (Å²) in [5, 5.41) is 14.2. The van der Waals surface area contributed by atoms with Crippen molar-refractivity contribution in [2.24, 2.45) is 0 Å². The molecule has 0 spiro atoms. The maximum atomic E-state index is 13.8. The lowest BCUT2D eigenvalue weighted by atomic mass is 9.95. The van der Waals surface area contributed by atoms with Crippen molar-refractivity contribution in [1.82, 2.24) is 35.1 Å². The Morgan fingerprint density at radius 2 is 1.77 bits per heavy atom. The number of hydrogen-bond donors (Lipinski definition) is 1. The molecule has 0 radical (unpaired) electrons. The van der Waals surface area contributed by atoms with Gasteiger partial charge in [0.05, 0.1) is 6.04 Å². The van der Waals surface area contributed by atoms with Crippen LogP contribution in [0.25, 0.3) is 10.9 Å². The van der Waals surface area contributed by atoms with Crippen molar-refractivity contribution in [3.63, 3.8) is 0 Å². The summed E-state index contributed by atoms with van der Waals surface area (Å²) >= 11 is 0. The van der Waals surface area contributed by atoms with E-state index in [9.17, 15) is 4.79 Å². The Morgan fingerprint density at radius 1 is 0.974 bits per heavy atom. The largest absolute Gasteiger partial charge is 0.322 e. The highest BCUT2D eigenvalue weighted by molar-refractivity contribution is 5.79. The Balaban J connectivity index is 1.53. The number of H-pyrrole nitrogens is 1. The Hall–Kier alpha value is -4.17. The molecule has 3 aromatic heterocycles. The first-order valence-electron chi connectivity index (χ1n) is 13.7. The Morgan fingerprint density at radius 3 is 2.56 bits per heavy atom. The summed E-state index contributed by atoms with van der Waals surface area (Å²) in [6.45, 7) is 3.22. The van der Waals surface area contributed by atoms with Crippen LogP contribution in [-0.4, -0.2) is 35.1 Å². The van der Waals surface area contributed by atoms with Crippen LogP contribution in [0.3, 0.4) is 0 Å². The molecule has 1 fully saturated rings. The standard InChI is InChI=1S/C31H33N7O/c1-22-14-15-25-18-27(31(39)33-28(25)17-22)29(30-34-35-36-38(30)26-12-6-3-7-13-26)37(20-23-9-4-2-5-10-23)21-24-11-8-16-32-19-24/h2,4-5,8-11,14-19,26,29H,3,6-7,12-13,20-21H2,1H3,(H,33,39). The van der Waals surface area contributed by atoms with Crippen molar-refractivity contribution >= 4 is 10.9 Å². The van der Waals surface area contributed by atoms with Crippen LogP contribution in [0.4, 0.5) is 0 Å². The Kier molecular flexibility index (Phi) is 7.27. The van der Waals surface area contributed by atoms with Gasteiger partial charge in [-0.15, -0.1) is 5.10 Å². The fourth-order valence-corrected chi connectivity index (χ4v) is 5.78. The molecule has 1 saturated carbocycles. The van der Waals surface area contributed by atoms with E-state index in [4.69, 9.17) is 0 Å². The third-order valence-electron chi connectivity index (χ3n) is 7.71. The number of aromatic amines is 1. The van der Waals surface area contributed by atoms with Gasteiger partial charge in [-0.05, 0) is 70.5 Å². The van der Waals surface area contributed by atoms with E-state index in [0.717, 1.165) is 53.3 Å². The van der Waals surface area contributed by atoms with Gasteiger partial charge in [-0.25, -0.2) is 4.68 Å². The number of tetrazole rings is 1. The van der Waals surface area contributed by atoms with Crippen LogP contribution in [-0.2, 0) is 13.1 Å². The van der Waals surface area contributed by atoms with E-state index in [-0.39, 0.29) is 11.6 Å². The summed E-state index contributed by atoms with van der Waals surface area (Å²) in [7, 11) is 0. The van der Waals surface area contributed by atoms with Gasteiger partial charge in [-0.3, -0.25) is 14.7 Å². The highest BCUT2D eigenvalue weighted by Gasteiger charge is 2.33. The monoisotopic (exact) mass is 519 g/mol. The number of aromatic nitrogens is 6. The van der Waals surface area contributed by atoms with Crippen LogP contribution in [0, 0.1) is 6.92 Å². The minimum absolute atomic E-state index is 0.124. The molecule has 1 aliphatic rings. The summed E-state index contributed by atoms with van der Waals surface area (Å²) in [6.07, 6.45) is 9.30. The van der Waals surface area contributed by atoms with E-state index in [1.165, 1.54) is 6.42 Å². The highest BCUT2D eigenvalue weighted by Crippen LogP contribution is 2.34. The summed E-state index contributed by atoms with van der Waals surface area (Å²) in [5.74, 6) is 0.707. The maximum Gasteiger partial charge on any atom is 0.253 e. The molecular formula is C31H33N7O. The van der Waals surface area contributed by atoms with E-state index in [2.05, 4.69) is 60.7 Å². The van der Waals surface area contributed by atoms with Crippen molar-refractivity contribution in [1.29, 1.82) is 0 Å². The first-order valence-corrected chi connectivity index (χ1v) is 13.7. The second-order valence-corrected chi connectivity index (χ2v) is 10.6. The Bertz CT molecular complexity index is 1550. The Labute approximate surface area is 227 Å². The van der Waals surface area contributed by atoms with Gasteiger partial charge in [0.25, 0.3) is 5.56 Å². The van der Waals surface area contributed by atoms with Crippen LogP contribution < -0.4 is 5.56 Å². The van der Waals surface area contributed by atoms with Crippen molar-refractivity contribution < 1.29 is 0 Å². The molecule has 39 heavy (non-hydrogen) atoms. The normalized spacial score (nSPS) is 15.1. The zero-order valence-corrected chi connectivity index (χ0v) is 22.2. The predicted octanol–water partition coefficient (Wildman–Crippen LogP) is 5.52. The molecule has 5 aromatic rings. The number of fused-ring (bicyclic) bond motifs is 1. The van der Waals surface area contributed by atoms with Crippen LogP contribution in [0.2, 0.25) is 0 Å². The molecule has 0 amide bonds. The first kappa shape index (κ1) is 25.1. The number of aryl methyl sites for hydroxylation is 1. The van der Waals surface area contributed by atoms with E-state index < -0.39 is 6.04 Å². The van der Waals surface area contributed by atoms with Gasteiger partial charge in [0.15, 0.2) is 5.82 Å². The van der Waals surface area contributed by atoms with Gasteiger partial charge in [-0.1, -0.05) is 67.8 Å². The van der Waals surface area contributed by atoms with Gasteiger partial charge in [0.1, 0.15) is 6.04 Å². The molecule has 3 heterocycles. The topological polar surface area (TPSA) is 92.6 Å². The molecule has 0 saturated heterocycles. The summed E-state index contributed by atoms with van der Waals surface area (Å²) < 4.78 is 1.99. The third kappa shape index (κ3) is 5.52. The van der Waals surface area contributed by atoms with Gasteiger partial charge >= 0.3 is 0 Å². The lowest BCUT2D eigenvalue weighted by Crippen LogP contribution is -2.35. The zero-order valence-electron chi connectivity index (χ0n) is 22.2. The van der Waals surface area contributed by atoms with E-state index in [1.54, 1.807) is 6.20 Å². The number of hydrogen-bond acceptors (Lipinski definition) is 6. The molecule has 198 valence electrons. The minimum atomic E-state index is -0.461. The van der Waals surface area contributed by atoms with Crippen LogP contribution >= 0.6 is 0 Å². The van der Waals surface area contributed by atoms with Crippen molar-refractivity contribution in [2.45, 2.75) is 64.2 Å². The second-order valence-electron chi connectivity index (χ2n) is 10.6. The van der Waals surface area contributed by atoms with Gasteiger partial charge < -0.3 is 4.98 Å². The van der Waals surface area contributed by atoms with E-state index in [0.29, 0.717) is 24.5 Å². The molecule has 1 unspecified atom stereocenters. The van der Waals surface area contributed by atoms with Crippen molar-refractivity contribution in [3.8, 4) is 0 Å². The molecule has 8 nitrogen and oxygen atoms in total. The number of nitrogens with zero attached hydrogens (tertiary/aromatic N) is 6. The molecule has 8 heteroatoms. The zero-order chi connectivity index (χ0) is 26.6. The van der Waals surface area contributed by atoms with E-state index >= 15 is 0 Å². The smallest absolute Gasteiger partial charge is 0.253 e. The second kappa shape index (κ2) is 11.3. The highest BCUT2D eigenvalue weighted by atomic mass is 16.1. The lowest BCUT2D eigenvalue weighted by molar-refractivity contribution is 0.186. The average molecular weight is 520 g/mol. The molecule has 1 atom stereocenters. The maximum absolute atomic E-state index is 13.8. The number of pyridine rings is 2. The first-order chi connectivity index (χ1) is 19.2. The fraction of sp³-hybridized carbons (Fsp3) is 0.323. The van der Waals surface area contributed by atoms with Gasteiger partial charge in [0, 0.05) is 36.6 Å².